The minimum absolute atomic E-state index is 0.233. The molecule has 1 aromatic heterocycles. The Bertz CT molecular complexity index is 1160. The number of nitrogens with zero attached hydrogens (tertiary/aromatic N) is 1. The lowest BCUT2D eigenvalue weighted by atomic mass is 9.79. The first-order valence-corrected chi connectivity index (χ1v) is 9.95. The Hall–Kier alpha value is -3.70. The summed E-state index contributed by atoms with van der Waals surface area (Å²) in [5.41, 5.74) is -3.80. The molecule has 0 fully saturated rings. The van der Waals surface area contributed by atoms with E-state index in [9.17, 15) is 39.9 Å². The van der Waals surface area contributed by atoms with Crippen LogP contribution >= 0.6 is 0 Å². The van der Waals surface area contributed by atoms with Crippen molar-refractivity contribution >= 4 is 6.03 Å². The highest BCUT2D eigenvalue weighted by Crippen LogP contribution is 2.37. The molecule has 0 aliphatic rings. The summed E-state index contributed by atoms with van der Waals surface area (Å²) in [6.45, 7) is -1.74. The van der Waals surface area contributed by atoms with Gasteiger partial charge in [0.2, 0.25) is 0 Å². The lowest BCUT2D eigenvalue weighted by Crippen LogP contribution is -2.53. The van der Waals surface area contributed by atoms with Crippen LogP contribution in [0.25, 0.3) is 0 Å². The van der Waals surface area contributed by atoms with Gasteiger partial charge in [-0.05, 0) is 41.5 Å². The van der Waals surface area contributed by atoms with E-state index in [4.69, 9.17) is 0 Å². The molecular formula is C23H17F8N3O. The normalized spacial score (nSPS) is 13.7. The minimum atomic E-state index is -4.98. The van der Waals surface area contributed by atoms with Crippen molar-refractivity contribution in [1.82, 2.24) is 15.6 Å². The number of halogens is 8. The van der Waals surface area contributed by atoms with E-state index in [0.29, 0.717) is 23.9 Å². The van der Waals surface area contributed by atoms with Crippen molar-refractivity contribution in [3.05, 3.63) is 101 Å². The molecule has 4 nitrogen and oxygen atoms in total. The van der Waals surface area contributed by atoms with Crippen LogP contribution in [0.2, 0.25) is 0 Å². The maximum atomic E-state index is 14.4. The van der Waals surface area contributed by atoms with Gasteiger partial charge in [-0.15, -0.1) is 0 Å². The van der Waals surface area contributed by atoms with E-state index in [0.717, 1.165) is 12.1 Å². The number of hydrogen-bond acceptors (Lipinski definition) is 2. The van der Waals surface area contributed by atoms with Crippen LogP contribution in [0.4, 0.5) is 39.9 Å². The minimum Gasteiger partial charge on any atom is -0.329 e. The first kappa shape index (κ1) is 25.9. The Labute approximate surface area is 194 Å². The number of aromatic nitrogens is 1. The molecular weight excluding hydrogens is 486 g/mol. The van der Waals surface area contributed by atoms with E-state index in [-0.39, 0.29) is 18.2 Å². The fourth-order valence-electron chi connectivity index (χ4n) is 3.47. The standard InChI is InChI=1S/C23H17F8N3O/c24-17-6-7-19(32-12-17)21(11-14-4-2-1-3-5-14,34-20(35)33-13-22(26,27)28)15-8-16(23(29,30)31)10-18(25)9-15/h1-10,12H,11,13H2,(H2,33,34,35)/t21-/m0/s1. The largest absolute Gasteiger partial charge is 0.416 e. The van der Waals surface area contributed by atoms with Crippen LogP contribution in [-0.4, -0.2) is 23.7 Å². The number of benzene rings is 2. The molecule has 0 unspecified atom stereocenters. The van der Waals surface area contributed by atoms with Gasteiger partial charge in [-0.1, -0.05) is 30.3 Å². The summed E-state index contributed by atoms with van der Waals surface area (Å²) < 4.78 is 106. The van der Waals surface area contributed by atoms with E-state index >= 15 is 0 Å². The molecule has 2 aromatic carbocycles. The van der Waals surface area contributed by atoms with Crippen molar-refractivity contribution < 1.29 is 39.9 Å². The van der Waals surface area contributed by atoms with Gasteiger partial charge in [0.1, 0.15) is 23.7 Å². The van der Waals surface area contributed by atoms with Gasteiger partial charge in [0.05, 0.1) is 17.5 Å². The Morgan fingerprint density at radius 3 is 2.06 bits per heavy atom. The van der Waals surface area contributed by atoms with Gasteiger partial charge in [0.15, 0.2) is 0 Å². The Morgan fingerprint density at radius 2 is 1.49 bits per heavy atom. The van der Waals surface area contributed by atoms with Crippen LogP contribution in [0.5, 0.6) is 0 Å². The van der Waals surface area contributed by atoms with Crippen molar-refractivity contribution in [2.75, 3.05) is 6.54 Å². The molecule has 1 heterocycles. The van der Waals surface area contributed by atoms with Gasteiger partial charge in [0.25, 0.3) is 0 Å². The summed E-state index contributed by atoms with van der Waals surface area (Å²) >= 11 is 0. The van der Waals surface area contributed by atoms with Gasteiger partial charge in [-0.2, -0.15) is 26.3 Å². The van der Waals surface area contributed by atoms with E-state index in [1.807, 2.05) is 0 Å². The molecule has 0 aliphatic carbocycles. The average Bonchev–Trinajstić information content (AvgIpc) is 2.77. The maximum Gasteiger partial charge on any atom is 0.416 e. The second-order valence-electron chi connectivity index (χ2n) is 7.58. The summed E-state index contributed by atoms with van der Waals surface area (Å²) in [5.74, 6) is -2.13. The smallest absolute Gasteiger partial charge is 0.329 e. The number of urea groups is 1. The van der Waals surface area contributed by atoms with Crippen LogP contribution in [0, 0.1) is 11.6 Å². The highest BCUT2D eigenvalue weighted by Gasteiger charge is 2.41. The zero-order chi connectivity index (χ0) is 25.9. The average molecular weight is 503 g/mol. The predicted octanol–water partition coefficient (Wildman–Crippen LogP) is 5.73. The van der Waals surface area contributed by atoms with Gasteiger partial charge < -0.3 is 10.6 Å². The first-order valence-electron chi connectivity index (χ1n) is 9.95. The highest BCUT2D eigenvalue weighted by atomic mass is 19.4. The van der Waals surface area contributed by atoms with Gasteiger partial charge >= 0.3 is 18.4 Å². The molecule has 35 heavy (non-hydrogen) atoms. The number of rotatable bonds is 6. The number of pyridine rings is 1. The lowest BCUT2D eigenvalue weighted by molar-refractivity contribution is -0.137. The van der Waals surface area contributed by atoms with Gasteiger partial charge in [-0.25, -0.2) is 13.6 Å². The quantitative estimate of drug-likeness (QED) is 0.423. The first-order chi connectivity index (χ1) is 16.3. The summed E-state index contributed by atoms with van der Waals surface area (Å²) in [7, 11) is 0. The number of carbonyl (C=O) groups is 1. The molecule has 186 valence electrons. The van der Waals surface area contributed by atoms with Crippen LogP contribution in [0.1, 0.15) is 22.4 Å². The van der Waals surface area contributed by atoms with E-state index in [1.165, 1.54) is 12.1 Å². The fourth-order valence-corrected chi connectivity index (χ4v) is 3.47. The van der Waals surface area contributed by atoms with Crippen molar-refractivity contribution in [2.45, 2.75) is 24.3 Å². The SMILES string of the molecule is O=C(NCC(F)(F)F)N[C@@](Cc1ccccc1)(c1cc(F)cc(C(F)(F)F)c1)c1ccc(F)cn1. The highest BCUT2D eigenvalue weighted by molar-refractivity contribution is 5.76. The molecule has 0 bridgehead atoms. The molecule has 3 aromatic rings. The number of amides is 2. The predicted molar refractivity (Wildman–Crippen MR) is 109 cm³/mol. The molecule has 2 amide bonds. The zero-order valence-electron chi connectivity index (χ0n) is 17.6. The lowest BCUT2D eigenvalue weighted by Gasteiger charge is -2.36. The van der Waals surface area contributed by atoms with Crippen molar-refractivity contribution in [3.8, 4) is 0 Å². The Kier molecular flexibility index (Phi) is 7.32. The second-order valence-corrected chi connectivity index (χ2v) is 7.58. The molecule has 0 aliphatic heterocycles. The molecule has 0 spiro atoms. The van der Waals surface area contributed by atoms with Crippen molar-refractivity contribution in [3.63, 3.8) is 0 Å². The number of nitrogens with one attached hydrogen (secondary N) is 2. The maximum absolute atomic E-state index is 14.4. The van der Waals surface area contributed by atoms with Crippen molar-refractivity contribution in [2.24, 2.45) is 0 Å². The van der Waals surface area contributed by atoms with E-state index in [1.54, 1.807) is 23.5 Å². The van der Waals surface area contributed by atoms with E-state index in [2.05, 4.69) is 10.3 Å². The monoisotopic (exact) mass is 503 g/mol. The third kappa shape index (κ3) is 6.67. The van der Waals surface area contributed by atoms with E-state index < -0.39 is 53.2 Å². The van der Waals surface area contributed by atoms with Crippen LogP contribution in [-0.2, 0) is 18.1 Å². The number of carbonyl (C=O) groups excluding carboxylic acids is 1. The van der Waals surface area contributed by atoms with Crippen LogP contribution in [0.15, 0.2) is 66.9 Å². The zero-order valence-corrected chi connectivity index (χ0v) is 17.6. The topological polar surface area (TPSA) is 54.0 Å². The molecule has 1 atom stereocenters. The molecule has 0 saturated heterocycles. The molecule has 0 radical (unpaired) electrons. The third-order valence-corrected chi connectivity index (χ3v) is 4.97. The number of hydrogen-bond donors (Lipinski definition) is 2. The Balaban J connectivity index is 2.24. The summed E-state index contributed by atoms with van der Waals surface area (Å²) in [4.78, 5) is 16.4. The van der Waals surface area contributed by atoms with Crippen LogP contribution in [0.3, 0.4) is 0 Å². The van der Waals surface area contributed by atoms with Gasteiger partial charge in [-0.3, -0.25) is 4.98 Å². The fraction of sp³-hybridized carbons (Fsp3) is 0.217. The molecule has 2 N–H and O–H groups in total. The Morgan fingerprint density at radius 1 is 0.829 bits per heavy atom. The van der Waals surface area contributed by atoms with Crippen molar-refractivity contribution in [1.29, 1.82) is 0 Å². The third-order valence-electron chi connectivity index (χ3n) is 4.97. The molecule has 12 heteroatoms. The molecule has 3 rings (SSSR count). The summed E-state index contributed by atoms with van der Waals surface area (Å²) in [5, 5.41) is 3.82. The number of alkyl halides is 6. The summed E-state index contributed by atoms with van der Waals surface area (Å²) in [6.07, 6.45) is -9.40. The summed E-state index contributed by atoms with van der Waals surface area (Å²) in [6, 6.07) is 9.89. The molecule has 0 saturated carbocycles. The second kappa shape index (κ2) is 9.88. The van der Waals surface area contributed by atoms with Gasteiger partial charge in [0, 0.05) is 6.42 Å². The van der Waals surface area contributed by atoms with Crippen LogP contribution < -0.4 is 10.6 Å².